The largest absolute Gasteiger partial charge is 0.494 e. The summed E-state index contributed by atoms with van der Waals surface area (Å²) in [4.78, 5) is 43.3. The minimum Gasteiger partial charge on any atom is -0.494 e. The van der Waals surface area contributed by atoms with Crippen molar-refractivity contribution < 1.29 is 9.50 Å². The molecule has 160 valence electrons. The molecular weight excluding hydrogens is 417 g/mol. The van der Waals surface area contributed by atoms with Gasteiger partial charge >= 0.3 is 5.69 Å². The Morgan fingerprint density at radius 2 is 1.53 bits per heavy atom. The van der Waals surface area contributed by atoms with E-state index < -0.39 is 28.5 Å². The van der Waals surface area contributed by atoms with E-state index in [1.807, 2.05) is 0 Å². The van der Waals surface area contributed by atoms with Gasteiger partial charge in [0.15, 0.2) is 11.2 Å². The molecule has 0 spiro atoms. The minimum absolute atomic E-state index is 0.00567. The maximum absolute atomic E-state index is 13.6. The first kappa shape index (κ1) is 19.5. The molecule has 0 unspecified atom stereocenters. The van der Waals surface area contributed by atoms with Gasteiger partial charge in [-0.1, -0.05) is 30.3 Å². The van der Waals surface area contributed by atoms with Crippen LogP contribution < -0.4 is 16.8 Å². The predicted octanol–water partition coefficient (Wildman–Crippen LogP) is 1.55. The van der Waals surface area contributed by atoms with Crippen LogP contribution in [0.15, 0.2) is 69.0 Å². The summed E-state index contributed by atoms with van der Waals surface area (Å²) < 4.78 is 17.9. The molecule has 5 aromatic rings. The average Bonchev–Trinajstić information content (AvgIpc) is 3.19. The van der Waals surface area contributed by atoms with E-state index in [0.29, 0.717) is 5.56 Å². The molecular formula is C22H16FN5O4. The van der Waals surface area contributed by atoms with Crippen molar-refractivity contribution in [2.45, 2.75) is 0 Å². The van der Waals surface area contributed by atoms with Gasteiger partial charge in [0.05, 0.1) is 5.69 Å². The second kappa shape index (κ2) is 6.77. The molecule has 3 aromatic heterocycles. The molecule has 32 heavy (non-hydrogen) atoms. The molecule has 0 aliphatic carbocycles. The highest BCUT2D eigenvalue weighted by atomic mass is 19.1. The first-order chi connectivity index (χ1) is 15.3. The van der Waals surface area contributed by atoms with Crippen molar-refractivity contribution in [3.8, 4) is 22.7 Å². The van der Waals surface area contributed by atoms with Crippen LogP contribution in [0.4, 0.5) is 4.39 Å². The van der Waals surface area contributed by atoms with Crippen molar-refractivity contribution in [1.29, 1.82) is 0 Å². The van der Waals surface area contributed by atoms with Crippen molar-refractivity contribution in [3.05, 3.63) is 91.6 Å². The lowest BCUT2D eigenvalue weighted by Gasteiger charge is -2.13. The van der Waals surface area contributed by atoms with Gasteiger partial charge in [0.2, 0.25) is 11.7 Å². The number of aromatic nitrogens is 5. The molecule has 0 amide bonds. The molecule has 0 atom stereocenters. The van der Waals surface area contributed by atoms with Crippen LogP contribution in [-0.4, -0.2) is 28.2 Å². The molecule has 1 N–H and O–H groups in total. The topological polar surface area (TPSA) is 104 Å². The molecule has 0 aliphatic heterocycles. The van der Waals surface area contributed by atoms with Crippen LogP contribution in [0.3, 0.4) is 0 Å². The normalized spacial score (nSPS) is 11.5. The number of rotatable bonds is 2. The Bertz CT molecular complexity index is 1710. The molecule has 10 heteroatoms. The van der Waals surface area contributed by atoms with Gasteiger partial charge in [-0.15, -0.1) is 0 Å². The molecule has 5 rings (SSSR count). The van der Waals surface area contributed by atoms with Crippen LogP contribution in [0, 0.1) is 5.82 Å². The highest BCUT2D eigenvalue weighted by molar-refractivity contribution is 5.80. The molecule has 0 radical (unpaired) electrons. The number of nitrogens with zero attached hydrogens (tertiary/aromatic N) is 5. The van der Waals surface area contributed by atoms with Crippen molar-refractivity contribution in [3.63, 3.8) is 0 Å². The number of aromatic hydroxyl groups is 1. The summed E-state index contributed by atoms with van der Waals surface area (Å²) in [5.74, 6) is -1.08. The maximum Gasteiger partial charge on any atom is 0.332 e. The van der Waals surface area contributed by atoms with E-state index in [2.05, 4.69) is 4.98 Å². The fourth-order valence-electron chi connectivity index (χ4n) is 3.83. The quantitative estimate of drug-likeness (QED) is 0.455. The zero-order valence-electron chi connectivity index (χ0n) is 17.0. The minimum atomic E-state index is -0.686. The third kappa shape index (κ3) is 2.56. The smallest absolute Gasteiger partial charge is 0.332 e. The van der Waals surface area contributed by atoms with E-state index in [1.165, 1.54) is 42.9 Å². The van der Waals surface area contributed by atoms with Crippen molar-refractivity contribution in [2.24, 2.45) is 14.1 Å². The standard InChI is InChI=1S/C22H16FN5O4/c1-25-17-16(20(31)26(2)22(25)32)28-19(30)15(12-6-4-3-5-7-12)18(29)27(21(28)24-17)14-10-8-13(23)9-11-14/h3-11,30H,1-2H3. The molecule has 3 heterocycles. The van der Waals surface area contributed by atoms with Gasteiger partial charge in [-0.05, 0) is 29.8 Å². The Morgan fingerprint density at radius 1 is 0.875 bits per heavy atom. The van der Waals surface area contributed by atoms with E-state index in [4.69, 9.17) is 0 Å². The van der Waals surface area contributed by atoms with Crippen LogP contribution >= 0.6 is 0 Å². The first-order valence-corrected chi connectivity index (χ1v) is 9.58. The summed E-state index contributed by atoms with van der Waals surface area (Å²) in [5, 5.41) is 11.2. The van der Waals surface area contributed by atoms with Crippen molar-refractivity contribution in [2.75, 3.05) is 0 Å². The number of hydrogen-bond donors (Lipinski definition) is 1. The Hall–Kier alpha value is -4.47. The lowest BCUT2D eigenvalue weighted by atomic mass is 10.1. The summed E-state index contributed by atoms with van der Waals surface area (Å²) >= 11 is 0. The molecule has 0 saturated carbocycles. The van der Waals surface area contributed by atoms with Gasteiger partial charge in [-0.25, -0.2) is 18.2 Å². The summed E-state index contributed by atoms with van der Waals surface area (Å²) in [7, 11) is 2.75. The summed E-state index contributed by atoms with van der Waals surface area (Å²) in [6, 6.07) is 13.6. The number of benzene rings is 2. The molecule has 0 aliphatic rings. The van der Waals surface area contributed by atoms with Crippen LogP contribution in [-0.2, 0) is 14.1 Å². The lowest BCUT2D eigenvalue weighted by molar-refractivity contribution is 0.447. The van der Waals surface area contributed by atoms with Gasteiger partial charge in [0.1, 0.15) is 11.4 Å². The highest BCUT2D eigenvalue weighted by Gasteiger charge is 2.25. The number of fused-ring (bicyclic) bond motifs is 3. The first-order valence-electron chi connectivity index (χ1n) is 9.58. The third-order valence-electron chi connectivity index (χ3n) is 5.44. The SMILES string of the molecule is Cn1c(=O)c2c(nc3n(-c4ccc(F)cc4)c(=O)c(-c4ccccc4)c(O)n23)n(C)c1=O. The van der Waals surface area contributed by atoms with E-state index in [-0.39, 0.29) is 28.2 Å². The lowest BCUT2D eigenvalue weighted by Crippen LogP contribution is -2.37. The Labute approximate surface area is 178 Å². The predicted molar refractivity (Wildman–Crippen MR) is 116 cm³/mol. The molecule has 0 fully saturated rings. The van der Waals surface area contributed by atoms with Gasteiger partial charge in [-0.2, -0.15) is 4.98 Å². The van der Waals surface area contributed by atoms with Crippen LogP contribution in [0.25, 0.3) is 33.8 Å². The van der Waals surface area contributed by atoms with Crippen molar-refractivity contribution >= 4 is 16.9 Å². The third-order valence-corrected chi connectivity index (χ3v) is 5.44. The zero-order valence-corrected chi connectivity index (χ0v) is 17.0. The van der Waals surface area contributed by atoms with E-state index in [1.54, 1.807) is 30.3 Å². The van der Waals surface area contributed by atoms with E-state index in [9.17, 15) is 23.9 Å². The van der Waals surface area contributed by atoms with Crippen LogP contribution in [0.5, 0.6) is 5.88 Å². The van der Waals surface area contributed by atoms with Gasteiger partial charge in [0, 0.05) is 14.1 Å². The zero-order chi connectivity index (χ0) is 22.7. The van der Waals surface area contributed by atoms with E-state index in [0.717, 1.165) is 13.5 Å². The van der Waals surface area contributed by atoms with Gasteiger partial charge in [-0.3, -0.25) is 18.7 Å². The molecule has 9 nitrogen and oxygen atoms in total. The van der Waals surface area contributed by atoms with Crippen LogP contribution in [0.1, 0.15) is 0 Å². The van der Waals surface area contributed by atoms with Gasteiger partial charge < -0.3 is 5.11 Å². The van der Waals surface area contributed by atoms with Crippen molar-refractivity contribution in [1.82, 2.24) is 23.1 Å². The second-order valence-corrected chi connectivity index (χ2v) is 7.31. The Balaban J connectivity index is 2.10. The summed E-state index contributed by atoms with van der Waals surface area (Å²) in [6.07, 6.45) is 0. The average molecular weight is 433 g/mol. The summed E-state index contributed by atoms with van der Waals surface area (Å²) in [5.41, 5.74) is -1.38. The monoisotopic (exact) mass is 433 g/mol. The Morgan fingerprint density at radius 3 is 2.19 bits per heavy atom. The van der Waals surface area contributed by atoms with E-state index >= 15 is 0 Å². The number of hydrogen-bond acceptors (Lipinski definition) is 5. The number of imidazole rings is 1. The maximum atomic E-state index is 13.6. The molecule has 2 aromatic carbocycles. The second-order valence-electron chi connectivity index (χ2n) is 7.31. The van der Waals surface area contributed by atoms with Crippen LogP contribution in [0.2, 0.25) is 0 Å². The fourth-order valence-corrected chi connectivity index (χ4v) is 3.83. The Kier molecular flexibility index (Phi) is 4.12. The number of aryl methyl sites for hydroxylation is 1. The highest BCUT2D eigenvalue weighted by Crippen LogP contribution is 2.29. The summed E-state index contributed by atoms with van der Waals surface area (Å²) in [6.45, 7) is 0. The molecule has 0 saturated heterocycles. The fraction of sp³-hybridized carbons (Fsp3) is 0.0909. The molecule has 0 bridgehead atoms. The number of halogens is 1. The van der Waals surface area contributed by atoms with Gasteiger partial charge in [0.25, 0.3) is 11.1 Å².